The molecule has 0 unspecified atom stereocenters. The first kappa shape index (κ1) is 10.1. The maximum absolute atomic E-state index is 11.0. The topological polar surface area (TPSA) is 79.0 Å². The van der Waals surface area contributed by atoms with E-state index in [0.717, 1.165) is 6.20 Å². The molecule has 0 fully saturated rings. The minimum atomic E-state index is -3.76. The predicted molar refractivity (Wildman–Crippen MR) is 47.2 cm³/mol. The molecule has 72 valence electrons. The number of carbonyl (C=O) groups is 1. The largest absolute Gasteiger partial charge is 0.356 e. The molecule has 13 heavy (non-hydrogen) atoms. The number of rotatable bonds is 2. The highest BCUT2D eigenvalue weighted by Gasteiger charge is 2.14. The molecule has 2 N–H and O–H groups in total. The van der Waals surface area contributed by atoms with Crippen LogP contribution in [0, 0.1) is 0 Å². The standard InChI is InChI=1S/C6H7ClN2O3S/c1-8-6(10)5-2-4(3-9-5)13(7,11)12/h2-3,9H,1H3,(H,8,10). The van der Waals surface area contributed by atoms with Gasteiger partial charge >= 0.3 is 0 Å². The Bertz CT molecular complexity index is 423. The Balaban J connectivity index is 3.07. The van der Waals surface area contributed by atoms with Gasteiger partial charge < -0.3 is 10.3 Å². The summed E-state index contributed by atoms with van der Waals surface area (Å²) in [6, 6.07) is 1.17. The number of aromatic nitrogens is 1. The zero-order valence-electron chi connectivity index (χ0n) is 6.67. The van der Waals surface area contributed by atoms with Gasteiger partial charge in [-0.3, -0.25) is 4.79 Å². The number of aromatic amines is 1. The van der Waals surface area contributed by atoms with Crippen molar-refractivity contribution < 1.29 is 13.2 Å². The van der Waals surface area contributed by atoms with E-state index in [4.69, 9.17) is 10.7 Å². The summed E-state index contributed by atoms with van der Waals surface area (Å²) < 4.78 is 21.5. The van der Waals surface area contributed by atoms with Crippen LogP contribution in [0.1, 0.15) is 10.5 Å². The highest BCUT2D eigenvalue weighted by atomic mass is 35.7. The van der Waals surface area contributed by atoms with Crippen molar-refractivity contribution in [2.45, 2.75) is 4.90 Å². The van der Waals surface area contributed by atoms with Crippen molar-refractivity contribution in [3.8, 4) is 0 Å². The fraction of sp³-hybridized carbons (Fsp3) is 0.167. The van der Waals surface area contributed by atoms with Crippen molar-refractivity contribution in [3.63, 3.8) is 0 Å². The second-order valence-corrected chi connectivity index (χ2v) is 4.83. The first-order chi connectivity index (χ1) is 5.95. The van der Waals surface area contributed by atoms with Crippen molar-refractivity contribution in [2.75, 3.05) is 7.05 Å². The van der Waals surface area contributed by atoms with Crippen LogP contribution in [0.2, 0.25) is 0 Å². The fourth-order valence-corrected chi connectivity index (χ4v) is 1.51. The molecule has 1 aromatic rings. The predicted octanol–water partition coefficient (Wildman–Crippen LogP) is 0.302. The van der Waals surface area contributed by atoms with Gasteiger partial charge in [-0.05, 0) is 6.07 Å². The summed E-state index contributed by atoms with van der Waals surface area (Å²) in [7, 11) is 2.72. The third kappa shape index (κ3) is 2.22. The maximum atomic E-state index is 11.0. The molecular formula is C6H7ClN2O3S. The summed E-state index contributed by atoms with van der Waals surface area (Å²) in [5.74, 6) is -0.397. The van der Waals surface area contributed by atoms with Crippen LogP contribution in [-0.4, -0.2) is 26.4 Å². The molecule has 0 aromatic carbocycles. The van der Waals surface area contributed by atoms with Crippen LogP contribution < -0.4 is 5.32 Å². The van der Waals surface area contributed by atoms with E-state index in [1.165, 1.54) is 13.1 Å². The van der Waals surface area contributed by atoms with E-state index in [0.29, 0.717) is 0 Å². The Morgan fingerprint density at radius 1 is 1.62 bits per heavy atom. The Morgan fingerprint density at radius 2 is 2.23 bits per heavy atom. The number of halogens is 1. The van der Waals surface area contributed by atoms with E-state index in [2.05, 4.69) is 10.3 Å². The quantitative estimate of drug-likeness (QED) is 0.707. The summed E-state index contributed by atoms with van der Waals surface area (Å²) in [6.07, 6.45) is 1.16. The van der Waals surface area contributed by atoms with E-state index in [-0.39, 0.29) is 10.6 Å². The molecule has 7 heteroatoms. The zero-order valence-corrected chi connectivity index (χ0v) is 8.24. The number of nitrogens with one attached hydrogen (secondary N) is 2. The number of H-pyrrole nitrogens is 1. The Hall–Kier alpha value is -1.01. The van der Waals surface area contributed by atoms with Gasteiger partial charge in [-0.2, -0.15) is 0 Å². The highest BCUT2D eigenvalue weighted by molar-refractivity contribution is 8.13. The van der Waals surface area contributed by atoms with Gasteiger partial charge in [0.15, 0.2) is 0 Å². The number of carbonyl (C=O) groups excluding carboxylic acids is 1. The van der Waals surface area contributed by atoms with E-state index >= 15 is 0 Å². The lowest BCUT2D eigenvalue weighted by atomic mass is 10.4. The monoisotopic (exact) mass is 222 g/mol. The molecule has 0 saturated carbocycles. The SMILES string of the molecule is CNC(=O)c1cc(S(=O)(=O)Cl)c[nH]1. The maximum Gasteiger partial charge on any atom is 0.267 e. The van der Waals surface area contributed by atoms with Crippen molar-refractivity contribution in [2.24, 2.45) is 0 Å². The summed E-state index contributed by atoms with van der Waals surface area (Å²) in [5.41, 5.74) is 0.154. The molecule has 0 spiro atoms. The van der Waals surface area contributed by atoms with Crippen LogP contribution in [0.15, 0.2) is 17.2 Å². The lowest BCUT2D eigenvalue weighted by Gasteiger charge is -1.92. The van der Waals surface area contributed by atoms with Crippen LogP contribution in [0.25, 0.3) is 0 Å². The van der Waals surface area contributed by atoms with Gasteiger partial charge in [0.2, 0.25) is 0 Å². The molecule has 0 atom stereocenters. The normalized spacial score (nSPS) is 11.2. The van der Waals surface area contributed by atoms with E-state index in [1.54, 1.807) is 0 Å². The van der Waals surface area contributed by atoms with Gasteiger partial charge in [0.25, 0.3) is 15.0 Å². The molecule has 1 aromatic heterocycles. The molecule has 0 saturated heterocycles. The lowest BCUT2D eigenvalue weighted by Crippen LogP contribution is -2.17. The first-order valence-electron chi connectivity index (χ1n) is 3.30. The fourth-order valence-electron chi connectivity index (χ4n) is 0.781. The lowest BCUT2D eigenvalue weighted by molar-refractivity contribution is 0.0958. The smallest absolute Gasteiger partial charge is 0.267 e. The highest BCUT2D eigenvalue weighted by Crippen LogP contribution is 2.15. The Labute approximate surface area is 79.5 Å². The third-order valence-electron chi connectivity index (χ3n) is 1.41. The van der Waals surface area contributed by atoms with Gasteiger partial charge in [-0.25, -0.2) is 8.42 Å². The third-order valence-corrected chi connectivity index (χ3v) is 2.74. The van der Waals surface area contributed by atoms with Crippen molar-refractivity contribution >= 4 is 25.6 Å². The Morgan fingerprint density at radius 3 is 2.62 bits per heavy atom. The minimum Gasteiger partial charge on any atom is -0.356 e. The summed E-state index contributed by atoms with van der Waals surface area (Å²) in [5, 5.41) is 2.34. The minimum absolute atomic E-state index is 0.118. The number of hydrogen-bond acceptors (Lipinski definition) is 3. The molecule has 0 aliphatic rings. The molecule has 1 amide bonds. The van der Waals surface area contributed by atoms with Crippen LogP contribution in [0.4, 0.5) is 0 Å². The average Bonchev–Trinajstić information content (AvgIpc) is 2.50. The molecule has 0 radical (unpaired) electrons. The van der Waals surface area contributed by atoms with E-state index < -0.39 is 15.0 Å². The molecular weight excluding hydrogens is 216 g/mol. The van der Waals surface area contributed by atoms with Gasteiger partial charge in [0.05, 0.1) is 0 Å². The van der Waals surface area contributed by atoms with Crippen LogP contribution in [0.5, 0.6) is 0 Å². The molecule has 0 bridgehead atoms. The van der Waals surface area contributed by atoms with Crippen LogP contribution in [0.3, 0.4) is 0 Å². The zero-order chi connectivity index (χ0) is 10.1. The van der Waals surface area contributed by atoms with Gasteiger partial charge in [0, 0.05) is 23.9 Å². The van der Waals surface area contributed by atoms with Gasteiger partial charge in [0.1, 0.15) is 10.6 Å². The van der Waals surface area contributed by atoms with Crippen LogP contribution in [-0.2, 0) is 9.05 Å². The molecule has 5 nitrogen and oxygen atoms in total. The average molecular weight is 223 g/mol. The van der Waals surface area contributed by atoms with E-state index in [1.807, 2.05) is 0 Å². The van der Waals surface area contributed by atoms with E-state index in [9.17, 15) is 13.2 Å². The molecule has 1 rings (SSSR count). The van der Waals surface area contributed by atoms with Gasteiger partial charge in [-0.1, -0.05) is 0 Å². The molecule has 0 aliphatic carbocycles. The van der Waals surface area contributed by atoms with Crippen molar-refractivity contribution in [1.82, 2.24) is 10.3 Å². The molecule has 0 aliphatic heterocycles. The molecule has 1 heterocycles. The van der Waals surface area contributed by atoms with Gasteiger partial charge in [-0.15, -0.1) is 0 Å². The second kappa shape index (κ2) is 3.39. The van der Waals surface area contributed by atoms with Crippen LogP contribution >= 0.6 is 10.7 Å². The first-order valence-corrected chi connectivity index (χ1v) is 5.61. The number of hydrogen-bond donors (Lipinski definition) is 2. The Kier molecular flexibility index (Phi) is 2.63. The van der Waals surface area contributed by atoms with Crippen molar-refractivity contribution in [3.05, 3.63) is 18.0 Å². The second-order valence-electron chi connectivity index (χ2n) is 2.27. The van der Waals surface area contributed by atoms with Crippen molar-refractivity contribution in [1.29, 1.82) is 0 Å². The summed E-state index contributed by atoms with van der Waals surface area (Å²) in [4.78, 5) is 13.3. The number of amides is 1. The summed E-state index contributed by atoms with van der Waals surface area (Å²) >= 11 is 0. The summed E-state index contributed by atoms with van der Waals surface area (Å²) in [6.45, 7) is 0.